The van der Waals surface area contributed by atoms with Gasteiger partial charge in [0.2, 0.25) is 0 Å². The van der Waals surface area contributed by atoms with Crippen LogP contribution in [0.4, 0.5) is 0 Å². The van der Waals surface area contributed by atoms with Gasteiger partial charge in [0.1, 0.15) is 0 Å². The smallest absolute Gasteiger partial charge is 0.267 e. The van der Waals surface area contributed by atoms with Gasteiger partial charge in [-0.15, -0.1) is 8.58 Å². The lowest BCUT2D eigenvalue weighted by atomic mass is 9.72. The Hall–Kier alpha value is 0.340. The molecule has 0 radical (unpaired) electrons. The van der Waals surface area contributed by atoms with E-state index < -0.39 is 15.4 Å². The molecule has 0 heterocycles. The molecule has 2 saturated carbocycles. The fourth-order valence-electron chi connectivity index (χ4n) is 4.03. The van der Waals surface area contributed by atoms with Gasteiger partial charge in [-0.05, 0) is 67.6 Å². The molecule has 0 aromatic carbocycles. The van der Waals surface area contributed by atoms with Crippen molar-refractivity contribution in [2.75, 3.05) is 0 Å². The van der Waals surface area contributed by atoms with Gasteiger partial charge in [0.15, 0.2) is 0 Å². The monoisotopic (exact) mass is 334 g/mol. The molecule has 0 aromatic heterocycles. The van der Waals surface area contributed by atoms with E-state index in [9.17, 15) is 13.0 Å². The molecule has 0 aromatic rings. The second-order valence-corrected chi connectivity index (χ2v) is 11.7. The van der Waals surface area contributed by atoms with Gasteiger partial charge in [-0.1, -0.05) is 27.2 Å². The zero-order chi connectivity index (χ0) is 15.7. The van der Waals surface area contributed by atoms with Crippen molar-refractivity contribution in [2.45, 2.75) is 88.7 Å². The van der Waals surface area contributed by atoms with Gasteiger partial charge >= 0.3 is 0 Å². The standard InChI is InChI=1S/C16H31O3PS/c1-16(2,3)12-7-9-13(10-8-12)20-14-5-4-6-15(11-14)21(17,18)19/h12-15,20H,4-11H2,1-3H3,(H,17,18,19). The van der Waals surface area contributed by atoms with E-state index >= 15 is 0 Å². The van der Waals surface area contributed by atoms with Crippen LogP contribution >= 0.6 is 8.58 Å². The first-order valence-corrected chi connectivity index (χ1v) is 11.0. The van der Waals surface area contributed by atoms with Gasteiger partial charge in [0.05, 0.1) is 5.25 Å². The topological polar surface area (TPSA) is 54.4 Å². The summed E-state index contributed by atoms with van der Waals surface area (Å²) >= 11 is 0. The van der Waals surface area contributed by atoms with Crippen molar-refractivity contribution in [3.63, 3.8) is 0 Å². The summed E-state index contributed by atoms with van der Waals surface area (Å²) in [4.78, 5) is 0. The highest BCUT2D eigenvalue weighted by atomic mass is 32.2. The van der Waals surface area contributed by atoms with Crippen LogP contribution in [0.25, 0.3) is 0 Å². The molecule has 2 rings (SSSR count). The Kier molecular flexibility index (Phi) is 5.77. The number of hydrogen-bond donors (Lipinski definition) is 1. The molecule has 3 unspecified atom stereocenters. The van der Waals surface area contributed by atoms with Crippen LogP contribution in [0.3, 0.4) is 0 Å². The average Bonchev–Trinajstić information content (AvgIpc) is 2.37. The lowest BCUT2D eigenvalue weighted by molar-refractivity contribution is 0.181. The van der Waals surface area contributed by atoms with E-state index in [2.05, 4.69) is 20.8 Å². The van der Waals surface area contributed by atoms with Crippen LogP contribution in [-0.2, 0) is 10.1 Å². The first kappa shape index (κ1) is 17.7. The van der Waals surface area contributed by atoms with Gasteiger partial charge in [0, 0.05) is 0 Å². The fraction of sp³-hybridized carbons (Fsp3) is 1.00. The average molecular weight is 334 g/mol. The summed E-state index contributed by atoms with van der Waals surface area (Å²) in [6.45, 7) is 7.04. The molecule has 2 aliphatic rings. The molecule has 3 nitrogen and oxygen atoms in total. The third-order valence-electron chi connectivity index (χ3n) is 5.47. The lowest BCUT2D eigenvalue weighted by Gasteiger charge is -2.38. The predicted octanol–water partition coefficient (Wildman–Crippen LogP) is 4.47. The summed E-state index contributed by atoms with van der Waals surface area (Å²) in [6.07, 6.45) is 8.74. The van der Waals surface area contributed by atoms with E-state index in [-0.39, 0.29) is 0 Å². The second kappa shape index (κ2) is 6.84. The largest absolute Gasteiger partial charge is 0.285 e. The Balaban J connectivity index is 1.81. The minimum Gasteiger partial charge on any atom is -0.285 e. The predicted molar refractivity (Wildman–Crippen MR) is 91.1 cm³/mol. The Labute approximate surface area is 132 Å². The van der Waals surface area contributed by atoms with Gasteiger partial charge in [-0.2, -0.15) is 8.42 Å². The third kappa shape index (κ3) is 5.18. The number of hydrogen-bond acceptors (Lipinski definition) is 2. The maximum absolute atomic E-state index is 11.3. The highest BCUT2D eigenvalue weighted by Gasteiger charge is 2.34. The van der Waals surface area contributed by atoms with Gasteiger partial charge in [-0.3, -0.25) is 4.55 Å². The van der Waals surface area contributed by atoms with Gasteiger partial charge < -0.3 is 0 Å². The van der Waals surface area contributed by atoms with Crippen molar-refractivity contribution in [1.29, 1.82) is 0 Å². The molecule has 0 aliphatic heterocycles. The van der Waals surface area contributed by atoms with Crippen molar-refractivity contribution in [1.82, 2.24) is 0 Å². The van der Waals surface area contributed by atoms with Gasteiger partial charge in [0.25, 0.3) is 10.1 Å². The van der Waals surface area contributed by atoms with Crippen LogP contribution < -0.4 is 0 Å². The fourth-order valence-corrected chi connectivity index (χ4v) is 7.26. The van der Waals surface area contributed by atoms with Crippen LogP contribution in [0.1, 0.15) is 72.1 Å². The van der Waals surface area contributed by atoms with E-state index in [4.69, 9.17) is 0 Å². The molecule has 0 amide bonds. The molecule has 5 heteroatoms. The Bertz CT molecular complexity index is 433. The van der Waals surface area contributed by atoms with Gasteiger partial charge in [-0.25, -0.2) is 0 Å². The summed E-state index contributed by atoms with van der Waals surface area (Å²) in [5.41, 5.74) is 1.75. The summed E-state index contributed by atoms with van der Waals surface area (Å²) in [7, 11) is -2.93. The van der Waals surface area contributed by atoms with Crippen LogP contribution in [0.15, 0.2) is 0 Å². The zero-order valence-electron chi connectivity index (χ0n) is 13.6. The van der Waals surface area contributed by atoms with Crippen molar-refractivity contribution in [2.24, 2.45) is 11.3 Å². The molecule has 2 aliphatic carbocycles. The summed E-state index contributed by atoms with van der Waals surface area (Å²) in [6, 6.07) is 0. The lowest BCUT2D eigenvalue weighted by Crippen LogP contribution is -2.31. The summed E-state index contributed by atoms with van der Waals surface area (Å²) in [5.74, 6) is 0.843. The highest BCUT2D eigenvalue weighted by molar-refractivity contribution is 7.86. The quantitative estimate of drug-likeness (QED) is 0.612. The first-order chi connectivity index (χ1) is 9.66. The highest BCUT2D eigenvalue weighted by Crippen LogP contribution is 2.46. The minimum absolute atomic E-state index is 0.426. The molecule has 0 saturated heterocycles. The summed E-state index contributed by atoms with van der Waals surface area (Å²) < 4.78 is 31.9. The third-order valence-corrected chi connectivity index (χ3v) is 8.79. The Morgan fingerprint density at radius 1 is 0.952 bits per heavy atom. The molecule has 2 fully saturated rings. The zero-order valence-corrected chi connectivity index (χ0v) is 15.5. The minimum atomic E-state index is -3.82. The van der Waals surface area contributed by atoms with Crippen LogP contribution in [0.2, 0.25) is 0 Å². The van der Waals surface area contributed by atoms with E-state index in [0.29, 0.717) is 23.9 Å². The van der Waals surface area contributed by atoms with Crippen LogP contribution in [0, 0.1) is 11.3 Å². The maximum atomic E-state index is 11.3. The normalized spacial score (nSPS) is 36.2. The maximum Gasteiger partial charge on any atom is 0.267 e. The van der Waals surface area contributed by atoms with Crippen molar-refractivity contribution >= 4 is 18.7 Å². The SMILES string of the molecule is CC(C)(C)C1CCC(PC2CCCC(S(=O)(=O)O)C2)CC1. The number of rotatable bonds is 3. The molecule has 0 bridgehead atoms. The van der Waals surface area contributed by atoms with E-state index in [1.54, 1.807) is 0 Å². The van der Waals surface area contributed by atoms with E-state index in [0.717, 1.165) is 33.0 Å². The Morgan fingerprint density at radius 3 is 2.10 bits per heavy atom. The molecule has 3 atom stereocenters. The van der Waals surface area contributed by atoms with Crippen molar-refractivity contribution in [3.05, 3.63) is 0 Å². The van der Waals surface area contributed by atoms with E-state index in [1.165, 1.54) is 25.7 Å². The van der Waals surface area contributed by atoms with Crippen molar-refractivity contribution in [3.8, 4) is 0 Å². The molecule has 21 heavy (non-hydrogen) atoms. The van der Waals surface area contributed by atoms with Crippen LogP contribution in [0.5, 0.6) is 0 Å². The first-order valence-electron chi connectivity index (χ1n) is 8.38. The summed E-state index contributed by atoms with van der Waals surface area (Å²) in [5, 5.41) is -0.491. The Morgan fingerprint density at radius 2 is 1.57 bits per heavy atom. The van der Waals surface area contributed by atoms with Crippen LogP contribution in [-0.4, -0.2) is 29.5 Å². The van der Waals surface area contributed by atoms with Crippen molar-refractivity contribution < 1.29 is 13.0 Å². The second-order valence-electron chi connectivity index (χ2n) is 8.08. The van der Waals surface area contributed by atoms with E-state index in [1.807, 2.05) is 0 Å². The molecule has 124 valence electrons. The molecular formula is C16H31O3PS. The molecule has 1 N–H and O–H groups in total. The molecular weight excluding hydrogens is 303 g/mol. The molecule has 0 spiro atoms.